The predicted octanol–water partition coefficient (Wildman–Crippen LogP) is 2.77. The summed E-state index contributed by atoms with van der Waals surface area (Å²) in [6, 6.07) is 3.81. The lowest BCUT2D eigenvalue weighted by Crippen LogP contribution is -2.48. The maximum absolute atomic E-state index is 12.2. The predicted molar refractivity (Wildman–Crippen MR) is 78.6 cm³/mol. The van der Waals surface area contributed by atoms with Gasteiger partial charge >= 0.3 is 0 Å². The van der Waals surface area contributed by atoms with Crippen molar-refractivity contribution < 1.29 is 9.53 Å². The van der Waals surface area contributed by atoms with Crippen molar-refractivity contribution >= 4 is 11.6 Å². The number of aryl methyl sites for hydroxylation is 1. The van der Waals surface area contributed by atoms with Gasteiger partial charge in [-0.2, -0.15) is 0 Å². The number of carbonyl (C=O) groups excluding carboxylic acids is 1. The molecular formula is C15H24N2O2. The zero-order valence-corrected chi connectivity index (χ0v) is 12.5. The first kappa shape index (κ1) is 15.5. The second-order valence-electron chi connectivity index (χ2n) is 5.21. The largest absolute Gasteiger partial charge is 0.496 e. The van der Waals surface area contributed by atoms with Gasteiger partial charge in [0.05, 0.1) is 12.6 Å². The third-order valence-corrected chi connectivity index (χ3v) is 3.34. The second-order valence-corrected chi connectivity index (χ2v) is 5.21. The molecular weight excluding hydrogens is 240 g/mol. The van der Waals surface area contributed by atoms with E-state index in [1.807, 2.05) is 32.9 Å². The lowest BCUT2D eigenvalue weighted by Gasteiger charge is -2.24. The SMILES string of the molecule is CCCC(C)(N)C(=O)Nc1ccc(C)c(OC)c1C. The molecule has 0 spiro atoms. The van der Waals surface area contributed by atoms with Crippen LogP contribution < -0.4 is 15.8 Å². The topological polar surface area (TPSA) is 64.4 Å². The molecule has 1 rings (SSSR count). The van der Waals surface area contributed by atoms with Crippen LogP contribution in [0.5, 0.6) is 5.75 Å². The summed E-state index contributed by atoms with van der Waals surface area (Å²) in [6.07, 6.45) is 1.53. The van der Waals surface area contributed by atoms with Crippen molar-refractivity contribution in [1.29, 1.82) is 0 Å². The first-order valence-electron chi connectivity index (χ1n) is 6.58. The van der Waals surface area contributed by atoms with E-state index in [1.165, 1.54) is 0 Å². The van der Waals surface area contributed by atoms with Crippen molar-refractivity contribution in [2.75, 3.05) is 12.4 Å². The fraction of sp³-hybridized carbons (Fsp3) is 0.533. The normalized spacial score (nSPS) is 13.8. The van der Waals surface area contributed by atoms with E-state index in [1.54, 1.807) is 14.0 Å². The summed E-state index contributed by atoms with van der Waals surface area (Å²) in [5.41, 5.74) is 7.89. The van der Waals surface area contributed by atoms with E-state index in [2.05, 4.69) is 5.32 Å². The van der Waals surface area contributed by atoms with Gasteiger partial charge in [-0.1, -0.05) is 19.4 Å². The Kier molecular flexibility index (Phi) is 4.95. The van der Waals surface area contributed by atoms with E-state index < -0.39 is 5.54 Å². The van der Waals surface area contributed by atoms with E-state index in [4.69, 9.17) is 10.5 Å². The van der Waals surface area contributed by atoms with Crippen molar-refractivity contribution in [2.24, 2.45) is 5.73 Å². The Labute approximate surface area is 115 Å². The summed E-state index contributed by atoms with van der Waals surface area (Å²) in [7, 11) is 1.63. The van der Waals surface area contributed by atoms with E-state index in [0.29, 0.717) is 6.42 Å². The standard InChI is InChI=1S/C15H24N2O2/c1-6-9-15(4,16)14(18)17-12-8-7-10(2)13(19-5)11(12)3/h7-8H,6,9,16H2,1-5H3,(H,17,18). The number of nitrogens with one attached hydrogen (secondary N) is 1. The smallest absolute Gasteiger partial charge is 0.244 e. The average Bonchev–Trinajstić information content (AvgIpc) is 2.33. The van der Waals surface area contributed by atoms with Crippen molar-refractivity contribution in [3.8, 4) is 5.75 Å². The van der Waals surface area contributed by atoms with Gasteiger partial charge in [0.25, 0.3) is 0 Å². The number of nitrogens with two attached hydrogens (primary N) is 1. The van der Waals surface area contributed by atoms with Gasteiger partial charge in [-0.3, -0.25) is 4.79 Å². The molecule has 1 atom stereocenters. The minimum atomic E-state index is -0.848. The molecule has 0 aliphatic heterocycles. The summed E-state index contributed by atoms with van der Waals surface area (Å²) in [6.45, 7) is 7.67. The third kappa shape index (κ3) is 3.47. The van der Waals surface area contributed by atoms with Gasteiger partial charge in [0, 0.05) is 11.3 Å². The fourth-order valence-electron chi connectivity index (χ4n) is 2.17. The van der Waals surface area contributed by atoms with Crippen molar-refractivity contribution in [2.45, 2.75) is 46.1 Å². The molecule has 19 heavy (non-hydrogen) atoms. The molecule has 0 fully saturated rings. The Morgan fingerprint density at radius 2 is 2.05 bits per heavy atom. The summed E-state index contributed by atoms with van der Waals surface area (Å²) < 4.78 is 5.35. The van der Waals surface area contributed by atoms with E-state index >= 15 is 0 Å². The first-order chi connectivity index (χ1) is 8.83. The van der Waals surface area contributed by atoms with Crippen LogP contribution in [0.1, 0.15) is 37.8 Å². The van der Waals surface area contributed by atoms with Crippen LogP contribution in [0.15, 0.2) is 12.1 Å². The van der Waals surface area contributed by atoms with E-state index in [-0.39, 0.29) is 5.91 Å². The van der Waals surface area contributed by atoms with Crippen LogP contribution in [-0.4, -0.2) is 18.6 Å². The fourth-order valence-corrected chi connectivity index (χ4v) is 2.17. The van der Waals surface area contributed by atoms with Gasteiger partial charge in [0.15, 0.2) is 0 Å². The Balaban J connectivity index is 2.98. The zero-order valence-electron chi connectivity index (χ0n) is 12.5. The van der Waals surface area contributed by atoms with Crippen LogP contribution in [0.25, 0.3) is 0 Å². The molecule has 0 saturated carbocycles. The lowest BCUT2D eigenvalue weighted by atomic mass is 9.96. The minimum Gasteiger partial charge on any atom is -0.496 e. The molecule has 1 aromatic rings. The molecule has 0 radical (unpaired) electrons. The molecule has 4 nitrogen and oxygen atoms in total. The van der Waals surface area contributed by atoms with E-state index in [9.17, 15) is 4.79 Å². The van der Waals surface area contributed by atoms with Gasteiger partial charge in [-0.15, -0.1) is 0 Å². The quantitative estimate of drug-likeness (QED) is 0.859. The van der Waals surface area contributed by atoms with Gasteiger partial charge in [0.2, 0.25) is 5.91 Å². The maximum atomic E-state index is 12.2. The highest BCUT2D eigenvalue weighted by molar-refractivity contribution is 5.98. The minimum absolute atomic E-state index is 0.164. The van der Waals surface area contributed by atoms with Crippen LogP contribution in [0.2, 0.25) is 0 Å². The molecule has 0 saturated heterocycles. The molecule has 1 unspecified atom stereocenters. The van der Waals surface area contributed by atoms with Gasteiger partial charge in [-0.25, -0.2) is 0 Å². The number of ether oxygens (including phenoxy) is 1. The molecule has 0 aliphatic carbocycles. The Bertz CT molecular complexity index is 467. The number of hydrogen-bond acceptors (Lipinski definition) is 3. The van der Waals surface area contributed by atoms with Crippen LogP contribution in [0.3, 0.4) is 0 Å². The molecule has 0 bridgehead atoms. The summed E-state index contributed by atoms with van der Waals surface area (Å²) >= 11 is 0. The highest BCUT2D eigenvalue weighted by Gasteiger charge is 2.27. The summed E-state index contributed by atoms with van der Waals surface area (Å²) in [5.74, 6) is 0.635. The lowest BCUT2D eigenvalue weighted by molar-refractivity contribution is -0.120. The summed E-state index contributed by atoms with van der Waals surface area (Å²) in [5, 5.41) is 2.89. The van der Waals surface area contributed by atoms with E-state index in [0.717, 1.165) is 29.0 Å². The highest BCUT2D eigenvalue weighted by atomic mass is 16.5. The zero-order chi connectivity index (χ0) is 14.6. The van der Waals surface area contributed by atoms with Gasteiger partial charge in [-0.05, 0) is 38.8 Å². The van der Waals surface area contributed by atoms with Crippen LogP contribution in [-0.2, 0) is 4.79 Å². The molecule has 0 aromatic heterocycles. The number of benzene rings is 1. The second kappa shape index (κ2) is 6.06. The van der Waals surface area contributed by atoms with Crippen molar-refractivity contribution in [3.63, 3.8) is 0 Å². The highest BCUT2D eigenvalue weighted by Crippen LogP contribution is 2.29. The summed E-state index contributed by atoms with van der Waals surface area (Å²) in [4.78, 5) is 12.2. The molecule has 106 valence electrons. The number of amides is 1. The van der Waals surface area contributed by atoms with Crippen LogP contribution in [0.4, 0.5) is 5.69 Å². The molecule has 0 aliphatic rings. The number of rotatable bonds is 5. The number of hydrogen-bond donors (Lipinski definition) is 2. The molecule has 1 amide bonds. The molecule has 1 aromatic carbocycles. The van der Waals surface area contributed by atoms with Crippen molar-refractivity contribution in [1.82, 2.24) is 0 Å². The molecule has 4 heteroatoms. The van der Waals surface area contributed by atoms with Crippen molar-refractivity contribution in [3.05, 3.63) is 23.3 Å². The molecule has 0 heterocycles. The van der Waals surface area contributed by atoms with Crippen LogP contribution >= 0.6 is 0 Å². The average molecular weight is 264 g/mol. The molecule has 3 N–H and O–H groups in total. The van der Waals surface area contributed by atoms with Crippen LogP contribution in [0, 0.1) is 13.8 Å². The Morgan fingerprint density at radius 1 is 1.42 bits per heavy atom. The number of anilines is 1. The third-order valence-electron chi connectivity index (χ3n) is 3.34. The van der Waals surface area contributed by atoms with Gasteiger partial charge in [0.1, 0.15) is 5.75 Å². The Hall–Kier alpha value is -1.55. The maximum Gasteiger partial charge on any atom is 0.244 e. The first-order valence-corrected chi connectivity index (χ1v) is 6.58. The Morgan fingerprint density at radius 3 is 2.58 bits per heavy atom. The number of methoxy groups -OCH3 is 1. The number of carbonyl (C=O) groups is 1. The monoisotopic (exact) mass is 264 g/mol. The van der Waals surface area contributed by atoms with Gasteiger partial charge < -0.3 is 15.8 Å².